The van der Waals surface area contributed by atoms with Crippen LogP contribution >= 0.6 is 11.6 Å². The molecule has 1 atom stereocenters. The van der Waals surface area contributed by atoms with Gasteiger partial charge in [0.15, 0.2) is 11.5 Å². The van der Waals surface area contributed by atoms with Gasteiger partial charge in [0.2, 0.25) is 10.0 Å². The molecule has 21 heavy (non-hydrogen) atoms. The minimum Gasteiger partial charge on any atom is -0.493 e. The monoisotopic (exact) mass is 335 g/mol. The Morgan fingerprint density at radius 3 is 2.33 bits per heavy atom. The number of hydrogen-bond acceptors (Lipinski definition) is 4. The highest BCUT2D eigenvalue weighted by molar-refractivity contribution is 7.89. The van der Waals surface area contributed by atoms with E-state index in [9.17, 15) is 8.42 Å². The molecule has 0 spiro atoms. The normalized spacial score (nSPS) is 13.3. The lowest BCUT2D eigenvalue weighted by Crippen LogP contribution is -2.34. The molecule has 0 saturated heterocycles. The van der Waals surface area contributed by atoms with Crippen molar-refractivity contribution in [2.75, 3.05) is 21.3 Å². The summed E-state index contributed by atoms with van der Waals surface area (Å²) in [6, 6.07) is 2.90. The van der Waals surface area contributed by atoms with Crippen molar-refractivity contribution >= 4 is 21.6 Å². The Bertz CT molecular complexity index is 564. The molecule has 0 aliphatic carbocycles. The van der Waals surface area contributed by atoms with Gasteiger partial charge in [0, 0.05) is 24.7 Å². The molecule has 5 nitrogen and oxygen atoms in total. The quantitative estimate of drug-likeness (QED) is 0.719. The molecule has 0 heterocycles. The van der Waals surface area contributed by atoms with E-state index in [-0.39, 0.29) is 16.8 Å². The van der Waals surface area contributed by atoms with Gasteiger partial charge in [-0.05, 0) is 19.4 Å². The highest BCUT2D eigenvalue weighted by Crippen LogP contribution is 2.36. The van der Waals surface area contributed by atoms with E-state index in [0.717, 1.165) is 6.42 Å². The van der Waals surface area contributed by atoms with Gasteiger partial charge in [-0.2, -0.15) is 4.31 Å². The van der Waals surface area contributed by atoms with Crippen molar-refractivity contribution in [1.29, 1.82) is 0 Å². The first-order valence-corrected chi connectivity index (χ1v) is 8.59. The van der Waals surface area contributed by atoms with Crippen LogP contribution in [0.2, 0.25) is 0 Å². The molecule has 0 aromatic heterocycles. The average Bonchev–Trinajstić information content (AvgIpc) is 2.51. The van der Waals surface area contributed by atoms with Crippen LogP contribution < -0.4 is 9.47 Å². The number of sulfonamides is 1. The van der Waals surface area contributed by atoms with Crippen LogP contribution in [-0.2, 0) is 15.9 Å². The van der Waals surface area contributed by atoms with E-state index in [0.29, 0.717) is 17.1 Å². The van der Waals surface area contributed by atoms with Crippen LogP contribution in [0.1, 0.15) is 25.8 Å². The summed E-state index contributed by atoms with van der Waals surface area (Å²) in [7, 11) is 0.925. The molecule has 0 aliphatic heterocycles. The summed E-state index contributed by atoms with van der Waals surface area (Å²) in [4.78, 5) is 0.151. The molecule has 0 bridgehead atoms. The van der Waals surface area contributed by atoms with Crippen LogP contribution in [0.5, 0.6) is 11.5 Å². The van der Waals surface area contributed by atoms with Crippen LogP contribution in [0.4, 0.5) is 0 Å². The summed E-state index contributed by atoms with van der Waals surface area (Å²) in [6.07, 6.45) is 0.728. The average molecular weight is 336 g/mol. The molecule has 7 heteroatoms. The first-order chi connectivity index (χ1) is 9.83. The standard InChI is InChI=1S/C14H22ClNO4S/c1-6-10(2)16(3)21(17,18)12-7-11(9-15)14(20-5)13(8-12)19-4/h7-8,10H,6,9H2,1-5H3. The van der Waals surface area contributed by atoms with Crippen LogP contribution in [0.15, 0.2) is 17.0 Å². The number of halogens is 1. The van der Waals surface area contributed by atoms with Gasteiger partial charge >= 0.3 is 0 Å². The molecule has 0 radical (unpaired) electrons. The Hall–Kier alpha value is -0.980. The zero-order valence-electron chi connectivity index (χ0n) is 13.0. The summed E-state index contributed by atoms with van der Waals surface area (Å²) in [5, 5.41) is 0. The highest BCUT2D eigenvalue weighted by Gasteiger charge is 2.27. The second kappa shape index (κ2) is 7.33. The van der Waals surface area contributed by atoms with Gasteiger partial charge in [-0.25, -0.2) is 8.42 Å². The van der Waals surface area contributed by atoms with Crippen molar-refractivity contribution in [2.24, 2.45) is 0 Å². The Labute approximate surface area is 131 Å². The molecule has 0 N–H and O–H groups in total. The predicted octanol–water partition coefficient (Wildman–Crippen LogP) is 2.86. The molecule has 1 unspecified atom stereocenters. The number of ether oxygens (including phenoxy) is 2. The van der Waals surface area contributed by atoms with Crippen molar-refractivity contribution in [3.63, 3.8) is 0 Å². The van der Waals surface area contributed by atoms with Gasteiger partial charge in [0.25, 0.3) is 0 Å². The maximum Gasteiger partial charge on any atom is 0.243 e. The molecule has 1 rings (SSSR count). The molecule has 0 fully saturated rings. The minimum absolute atomic E-state index is 0.0949. The summed E-state index contributed by atoms with van der Waals surface area (Å²) in [5.41, 5.74) is 0.578. The molecule has 0 amide bonds. The smallest absolute Gasteiger partial charge is 0.243 e. The second-order valence-corrected chi connectivity index (χ2v) is 6.99. The van der Waals surface area contributed by atoms with Gasteiger partial charge < -0.3 is 9.47 Å². The van der Waals surface area contributed by atoms with E-state index < -0.39 is 10.0 Å². The van der Waals surface area contributed by atoms with Crippen LogP contribution in [0.3, 0.4) is 0 Å². The SMILES string of the molecule is CCC(C)N(C)S(=O)(=O)c1cc(CCl)c(OC)c(OC)c1. The number of hydrogen-bond donors (Lipinski definition) is 0. The lowest BCUT2D eigenvalue weighted by Gasteiger charge is -2.24. The Morgan fingerprint density at radius 2 is 1.90 bits per heavy atom. The fourth-order valence-electron chi connectivity index (χ4n) is 1.92. The maximum absolute atomic E-state index is 12.7. The van der Waals surface area contributed by atoms with E-state index in [4.69, 9.17) is 21.1 Å². The van der Waals surface area contributed by atoms with Crippen molar-refractivity contribution in [1.82, 2.24) is 4.31 Å². The lowest BCUT2D eigenvalue weighted by molar-refractivity contribution is 0.350. The fourth-order valence-corrected chi connectivity index (χ4v) is 3.62. The largest absolute Gasteiger partial charge is 0.493 e. The molecule has 1 aromatic rings. The molecule has 0 aliphatic rings. The van der Waals surface area contributed by atoms with E-state index in [2.05, 4.69) is 0 Å². The van der Waals surface area contributed by atoms with Crippen LogP contribution in [0, 0.1) is 0 Å². The van der Waals surface area contributed by atoms with Crippen molar-refractivity contribution < 1.29 is 17.9 Å². The predicted molar refractivity (Wildman–Crippen MR) is 83.8 cm³/mol. The summed E-state index contributed by atoms with van der Waals surface area (Å²) >= 11 is 5.89. The second-order valence-electron chi connectivity index (χ2n) is 4.73. The van der Waals surface area contributed by atoms with Gasteiger partial charge in [0.1, 0.15) is 0 Å². The number of benzene rings is 1. The number of alkyl halides is 1. The Morgan fingerprint density at radius 1 is 1.29 bits per heavy atom. The van der Waals surface area contributed by atoms with Crippen molar-refractivity contribution in [2.45, 2.75) is 37.1 Å². The van der Waals surface area contributed by atoms with Gasteiger partial charge in [-0.3, -0.25) is 0 Å². The van der Waals surface area contributed by atoms with Crippen LogP contribution in [0.25, 0.3) is 0 Å². The molecule has 120 valence electrons. The van der Waals surface area contributed by atoms with Gasteiger partial charge in [0.05, 0.1) is 25.0 Å². The third-order valence-corrected chi connectivity index (χ3v) is 5.80. The summed E-state index contributed by atoms with van der Waals surface area (Å²) < 4.78 is 37.1. The number of rotatable bonds is 7. The van der Waals surface area contributed by atoms with Crippen molar-refractivity contribution in [3.05, 3.63) is 17.7 Å². The van der Waals surface area contributed by atoms with Crippen LogP contribution in [-0.4, -0.2) is 40.0 Å². The maximum atomic E-state index is 12.7. The summed E-state index contributed by atoms with van der Waals surface area (Å²) in [5.74, 6) is 0.945. The molecular formula is C14H22ClNO4S. The minimum atomic E-state index is -3.60. The van der Waals surface area contributed by atoms with E-state index in [1.165, 1.54) is 30.7 Å². The topological polar surface area (TPSA) is 55.8 Å². The van der Waals surface area contributed by atoms with Crippen molar-refractivity contribution in [3.8, 4) is 11.5 Å². The zero-order valence-corrected chi connectivity index (χ0v) is 14.6. The van der Waals surface area contributed by atoms with E-state index in [1.54, 1.807) is 7.05 Å². The third kappa shape index (κ3) is 3.62. The molecule has 1 aromatic carbocycles. The number of methoxy groups -OCH3 is 2. The van der Waals surface area contributed by atoms with E-state index in [1.807, 2.05) is 13.8 Å². The van der Waals surface area contributed by atoms with E-state index >= 15 is 0 Å². The lowest BCUT2D eigenvalue weighted by atomic mass is 10.2. The first-order valence-electron chi connectivity index (χ1n) is 6.62. The molecule has 0 saturated carbocycles. The zero-order chi connectivity index (χ0) is 16.2. The Kier molecular flexibility index (Phi) is 6.31. The fraction of sp³-hybridized carbons (Fsp3) is 0.571. The van der Waals surface area contributed by atoms with Gasteiger partial charge in [-0.1, -0.05) is 6.92 Å². The third-order valence-electron chi connectivity index (χ3n) is 3.56. The summed E-state index contributed by atoms with van der Waals surface area (Å²) in [6.45, 7) is 3.80. The molecular weight excluding hydrogens is 314 g/mol. The first kappa shape index (κ1) is 18.1. The number of nitrogens with zero attached hydrogens (tertiary/aromatic N) is 1. The highest BCUT2D eigenvalue weighted by atomic mass is 35.5. The van der Waals surface area contributed by atoms with Gasteiger partial charge in [-0.15, -0.1) is 11.6 Å². The Balaban J connectivity index is 3.43.